The lowest BCUT2D eigenvalue weighted by Crippen LogP contribution is -2.30. The molecule has 2 N–H and O–H groups in total. The molecule has 1 heterocycles. The van der Waals surface area contributed by atoms with Crippen LogP contribution in [0.2, 0.25) is 0 Å². The predicted octanol–water partition coefficient (Wildman–Crippen LogP) is 10.2. The van der Waals surface area contributed by atoms with Crippen molar-refractivity contribution in [3.8, 4) is 0 Å². The Morgan fingerprint density at radius 3 is 2.39 bits per heavy atom. The number of benzene rings is 6. The van der Waals surface area contributed by atoms with Crippen molar-refractivity contribution in [3.05, 3.63) is 99.6 Å². The molecule has 4 heteroatoms. The zero-order valence-electron chi connectivity index (χ0n) is 28.5. The van der Waals surface area contributed by atoms with E-state index < -0.39 is 0 Å². The van der Waals surface area contributed by atoms with Crippen LogP contribution in [0.3, 0.4) is 0 Å². The van der Waals surface area contributed by atoms with Gasteiger partial charge in [0.2, 0.25) is 5.91 Å². The third-order valence-electron chi connectivity index (χ3n) is 16.0. The molecule has 3 atom stereocenters. The second-order valence-electron chi connectivity index (χ2n) is 17.6. The van der Waals surface area contributed by atoms with Crippen molar-refractivity contribution < 1.29 is 4.79 Å². The molecule has 244 valence electrons. The van der Waals surface area contributed by atoms with E-state index in [1.165, 1.54) is 64.8 Å². The normalized spacial score (nSPS) is 27.3. The number of hydrogen-bond donors (Lipinski definition) is 2. The molecule has 7 aromatic carbocycles. The number of hydrogen-bond acceptors (Lipinski definition) is 2. The molecule has 0 aliphatic heterocycles. The summed E-state index contributed by atoms with van der Waals surface area (Å²) in [7, 11) is 0. The molecule has 7 aliphatic rings. The van der Waals surface area contributed by atoms with E-state index in [1.807, 2.05) is 0 Å². The average Bonchev–Trinajstić information content (AvgIpc) is 3.85. The fourth-order valence-electron chi connectivity index (χ4n) is 14.9. The summed E-state index contributed by atoms with van der Waals surface area (Å²) in [5.74, 6) is 0.807. The third-order valence-corrected chi connectivity index (χ3v) is 16.0. The number of aromatic nitrogens is 2. The number of allylic oxidation sites excluding steroid dienone is 3. The topological polar surface area (TPSA) is 57.8 Å². The summed E-state index contributed by atoms with van der Waals surface area (Å²) in [5, 5.41) is 21.9. The van der Waals surface area contributed by atoms with Crippen molar-refractivity contribution >= 4 is 82.2 Å². The van der Waals surface area contributed by atoms with Crippen molar-refractivity contribution in [2.45, 2.75) is 76.2 Å². The molecule has 1 aromatic heterocycles. The van der Waals surface area contributed by atoms with Gasteiger partial charge in [-0.1, -0.05) is 67.8 Å². The molecule has 8 aromatic rings. The van der Waals surface area contributed by atoms with E-state index in [4.69, 9.17) is 0 Å². The predicted molar refractivity (Wildman–Crippen MR) is 205 cm³/mol. The molecule has 51 heavy (non-hydrogen) atoms. The smallest absolute Gasteiger partial charge is 0.220 e. The van der Waals surface area contributed by atoms with Gasteiger partial charge in [-0.15, -0.1) is 0 Å². The molecule has 0 bridgehead atoms. The third kappa shape index (κ3) is 2.33. The van der Waals surface area contributed by atoms with Crippen LogP contribution in [-0.2, 0) is 29.6 Å². The van der Waals surface area contributed by atoms with Gasteiger partial charge in [0.25, 0.3) is 0 Å². The number of imidazole rings is 1. The van der Waals surface area contributed by atoms with Crippen LogP contribution in [0.5, 0.6) is 0 Å². The molecule has 15 rings (SSSR count). The zero-order valence-corrected chi connectivity index (χ0v) is 28.5. The van der Waals surface area contributed by atoms with Crippen LogP contribution in [0.25, 0.3) is 76.3 Å². The molecule has 3 unspecified atom stereocenters. The van der Waals surface area contributed by atoms with E-state index in [9.17, 15) is 4.79 Å². The van der Waals surface area contributed by atoms with Crippen LogP contribution in [0.15, 0.2) is 55.0 Å². The standard InChI is InChI=1S/C47H35N3O/c51-31(49-20-30-19-48-21-50-30)7-4-11-46(29-5-2-1-3-6-29)45-12-10-24-15-27-16-25-13-22-8-9-23-14-26-17-28(18-45)37-36(26)39-33(23)32(22)38-34(25)35(27)41-42(40(38)39)44(37)47(45,46)43(24)41/h8-10,12-15,18-19,21,29H,1-7,11,16-17,20H2,(H,48,50)(H,49,51). The summed E-state index contributed by atoms with van der Waals surface area (Å²) in [6, 6.07) is 12.6. The maximum absolute atomic E-state index is 13.4. The van der Waals surface area contributed by atoms with Gasteiger partial charge in [0.05, 0.1) is 18.6 Å². The Labute approximate surface area is 294 Å². The van der Waals surface area contributed by atoms with E-state index in [1.54, 1.807) is 89.0 Å². The monoisotopic (exact) mass is 657 g/mol. The van der Waals surface area contributed by atoms with Crippen LogP contribution in [0.4, 0.5) is 0 Å². The SMILES string of the molecule is O=C(CCCC1(C2CCCCC2)C23C=Cc4cc5c6c7c4C21c1c2c4c(cc8ccc9cc(c6c6c9c8c4c6c17)C5)CC2=C3)NCc1cnc[nH]1. The number of H-pyrrole nitrogens is 1. The second-order valence-corrected chi connectivity index (χ2v) is 17.6. The molecule has 0 radical (unpaired) electrons. The van der Waals surface area contributed by atoms with Crippen molar-refractivity contribution in [2.24, 2.45) is 16.7 Å². The zero-order chi connectivity index (χ0) is 32.7. The molecule has 4 nitrogen and oxygen atoms in total. The molecular formula is C47H35N3O. The summed E-state index contributed by atoms with van der Waals surface area (Å²) >= 11 is 0. The minimum atomic E-state index is -0.0447. The van der Waals surface area contributed by atoms with Gasteiger partial charge in [-0.3, -0.25) is 4.79 Å². The minimum absolute atomic E-state index is 0.0341. The maximum Gasteiger partial charge on any atom is 0.220 e. The van der Waals surface area contributed by atoms with Gasteiger partial charge in [-0.2, -0.15) is 0 Å². The molecule has 1 amide bonds. The molecule has 2 saturated carbocycles. The van der Waals surface area contributed by atoms with E-state index in [2.05, 4.69) is 63.8 Å². The van der Waals surface area contributed by atoms with Gasteiger partial charge in [0.15, 0.2) is 0 Å². The first kappa shape index (κ1) is 25.9. The van der Waals surface area contributed by atoms with E-state index in [-0.39, 0.29) is 22.2 Å². The summed E-state index contributed by atoms with van der Waals surface area (Å²) in [6.07, 6.45) is 23.0. The number of aromatic amines is 1. The van der Waals surface area contributed by atoms with Gasteiger partial charge in [-0.05, 0) is 154 Å². The van der Waals surface area contributed by atoms with Crippen LogP contribution >= 0.6 is 0 Å². The number of rotatable bonds is 7. The second kappa shape index (κ2) is 7.77. The maximum atomic E-state index is 13.4. The molecule has 1 spiro atoms. The minimum Gasteiger partial charge on any atom is -0.350 e. The summed E-state index contributed by atoms with van der Waals surface area (Å²) < 4.78 is 0. The highest BCUT2D eigenvalue weighted by Gasteiger charge is 2.90. The number of carbonyl (C=O) groups is 1. The van der Waals surface area contributed by atoms with Gasteiger partial charge < -0.3 is 10.3 Å². The molecule has 2 fully saturated rings. The Balaban J connectivity index is 1.05. The fraction of sp³-hybridized carbons (Fsp3) is 0.319. The van der Waals surface area contributed by atoms with Crippen LogP contribution in [-0.4, -0.2) is 15.9 Å². The lowest BCUT2D eigenvalue weighted by atomic mass is 9.67. The van der Waals surface area contributed by atoms with Crippen molar-refractivity contribution in [3.63, 3.8) is 0 Å². The Morgan fingerprint density at radius 2 is 1.57 bits per heavy atom. The first-order chi connectivity index (χ1) is 25.2. The summed E-state index contributed by atoms with van der Waals surface area (Å²) in [6.45, 7) is 0.511. The average molecular weight is 658 g/mol. The number of nitrogens with zero attached hydrogens (tertiary/aromatic N) is 1. The highest BCUT2D eigenvalue weighted by Crippen LogP contribution is 2.93. The quantitative estimate of drug-likeness (QED) is 0.168. The lowest BCUT2D eigenvalue weighted by molar-refractivity contribution is -0.121. The summed E-state index contributed by atoms with van der Waals surface area (Å²) in [4.78, 5) is 20.7. The lowest BCUT2D eigenvalue weighted by Gasteiger charge is -2.36. The number of nitrogens with one attached hydrogen (secondary N) is 2. The van der Waals surface area contributed by atoms with E-state index in [0.29, 0.717) is 18.9 Å². The summed E-state index contributed by atoms with van der Waals surface area (Å²) in [5.41, 5.74) is 13.7. The Morgan fingerprint density at radius 1 is 0.824 bits per heavy atom. The van der Waals surface area contributed by atoms with Gasteiger partial charge >= 0.3 is 0 Å². The first-order valence-corrected chi connectivity index (χ1v) is 19.6. The van der Waals surface area contributed by atoms with Crippen molar-refractivity contribution in [1.82, 2.24) is 15.3 Å². The fourth-order valence-corrected chi connectivity index (χ4v) is 14.9. The first-order valence-electron chi connectivity index (χ1n) is 19.6. The Bertz CT molecular complexity index is 3070. The van der Waals surface area contributed by atoms with Crippen LogP contribution < -0.4 is 5.32 Å². The highest BCUT2D eigenvalue weighted by atomic mass is 16.1. The largest absolute Gasteiger partial charge is 0.350 e. The molecule has 7 aliphatic carbocycles. The van der Waals surface area contributed by atoms with Gasteiger partial charge in [-0.25, -0.2) is 4.98 Å². The van der Waals surface area contributed by atoms with Gasteiger partial charge in [0.1, 0.15) is 0 Å². The van der Waals surface area contributed by atoms with E-state index in [0.717, 1.165) is 31.4 Å². The van der Waals surface area contributed by atoms with Crippen LogP contribution in [0, 0.1) is 16.7 Å². The van der Waals surface area contributed by atoms with Crippen molar-refractivity contribution in [2.75, 3.05) is 0 Å². The number of amides is 1. The number of carbonyl (C=O) groups excluding carboxylic acids is 1. The molecular weight excluding hydrogens is 623 g/mol. The van der Waals surface area contributed by atoms with E-state index >= 15 is 0 Å². The van der Waals surface area contributed by atoms with Crippen molar-refractivity contribution in [1.29, 1.82) is 0 Å². The van der Waals surface area contributed by atoms with Crippen LogP contribution in [0.1, 0.15) is 96.0 Å². The molecule has 0 saturated heterocycles. The Kier molecular flexibility index (Phi) is 3.95. The highest BCUT2D eigenvalue weighted by molar-refractivity contribution is 6.52. The Hall–Kier alpha value is -4.96. The van der Waals surface area contributed by atoms with Gasteiger partial charge in [0, 0.05) is 28.9 Å².